The van der Waals surface area contributed by atoms with Crippen molar-refractivity contribution in [2.75, 3.05) is 38.2 Å². The van der Waals surface area contributed by atoms with Crippen LogP contribution in [0.25, 0.3) is 0 Å². The van der Waals surface area contributed by atoms with Crippen molar-refractivity contribution in [3.63, 3.8) is 0 Å². The minimum atomic E-state index is -0.647. The number of ether oxygens (including phenoxy) is 1. The number of pyridine rings is 1. The summed E-state index contributed by atoms with van der Waals surface area (Å²) >= 11 is 7.52. The van der Waals surface area contributed by atoms with Gasteiger partial charge in [0.25, 0.3) is 0 Å². The highest BCUT2D eigenvalue weighted by Crippen LogP contribution is 2.28. The number of hydrogen-bond donors (Lipinski definition) is 0. The second-order valence-corrected chi connectivity index (χ2v) is 7.58. The first-order valence-corrected chi connectivity index (χ1v) is 9.11. The Hall–Kier alpha value is -2.23. The van der Waals surface area contributed by atoms with E-state index in [1.54, 1.807) is 11.3 Å². The predicted octanol–water partition coefficient (Wildman–Crippen LogP) is 2.81. The number of thiophene rings is 1. The van der Waals surface area contributed by atoms with Gasteiger partial charge < -0.3 is 9.64 Å². The van der Waals surface area contributed by atoms with Crippen molar-refractivity contribution in [1.29, 1.82) is 0 Å². The van der Waals surface area contributed by atoms with Crippen molar-refractivity contribution in [3.8, 4) is 0 Å². The fourth-order valence-electron chi connectivity index (χ4n) is 2.83. The number of anilines is 1. The molecule has 8 nitrogen and oxygen atoms in total. The summed E-state index contributed by atoms with van der Waals surface area (Å²) in [5.74, 6) is -0.368. The van der Waals surface area contributed by atoms with Crippen LogP contribution in [0.2, 0.25) is 4.34 Å². The first kappa shape index (κ1) is 18.6. The van der Waals surface area contributed by atoms with Crippen molar-refractivity contribution in [2.45, 2.75) is 6.54 Å². The lowest BCUT2D eigenvalue weighted by molar-refractivity contribution is -0.384. The Morgan fingerprint density at radius 3 is 2.69 bits per heavy atom. The standard InChI is InChI=1S/C16H17ClN4O4S/c1-25-16(22)11-8-13(21(23)24)15(18-9-11)20-6-4-19(5-7-20)10-12-2-3-14(17)26-12/h2-3,8-9H,4-7,10H2,1H3. The fraction of sp³-hybridized carbons (Fsp3) is 0.375. The number of rotatable bonds is 5. The summed E-state index contributed by atoms with van der Waals surface area (Å²) in [5.41, 5.74) is -0.123. The smallest absolute Gasteiger partial charge is 0.339 e. The number of nitro groups is 1. The van der Waals surface area contributed by atoms with Crippen LogP contribution < -0.4 is 4.90 Å². The highest BCUT2D eigenvalue weighted by atomic mass is 35.5. The number of methoxy groups -OCH3 is 1. The predicted molar refractivity (Wildman–Crippen MR) is 99.0 cm³/mol. The molecule has 138 valence electrons. The van der Waals surface area contributed by atoms with Crippen LogP contribution in [0.15, 0.2) is 24.4 Å². The number of carbonyl (C=O) groups excluding carboxylic acids is 1. The monoisotopic (exact) mass is 396 g/mol. The quantitative estimate of drug-likeness (QED) is 0.436. The van der Waals surface area contributed by atoms with Crippen LogP contribution >= 0.6 is 22.9 Å². The normalized spacial score (nSPS) is 15.1. The van der Waals surface area contributed by atoms with Gasteiger partial charge in [-0.1, -0.05) is 11.6 Å². The molecule has 2 aromatic heterocycles. The minimum absolute atomic E-state index is 0.0659. The van der Waals surface area contributed by atoms with Gasteiger partial charge in [0.2, 0.25) is 5.82 Å². The zero-order valence-electron chi connectivity index (χ0n) is 14.1. The second kappa shape index (κ2) is 7.98. The first-order valence-electron chi connectivity index (χ1n) is 7.92. The number of hydrogen-bond acceptors (Lipinski definition) is 8. The third-order valence-electron chi connectivity index (χ3n) is 4.15. The van der Waals surface area contributed by atoms with Crippen LogP contribution in [0.5, 0.6) is 0 Å². The Balaban J connectivity index is 1.70. The molecule has 10 heteroatoms. The Morgan fingerprint density at radius 2 is 2.12 bits per heavy atom. The second-order valence-electron chi connectivity index (χ2n) is 5.78. The molecule has 0 N–H and O–H groups in total. The molecule has 0 unspecified atom stereocenters. The molecule has 3 heterocycles. The summed E-state index contributed by atoms with van der Waals surface area (Å²) in [6.07, 6.45) is 1.31. The first-order chi connectivity index (χ1) is 12.5. The highest BCUT2D eigenvalue weighted by Gasteiger charge is 2.27. The zero-order chi connectivity index (χ0) is 18.7. The molecule has 1 saturated heterocycles. The highest BCUT2D eigenvalue weighted by molar-refractivity contribution is 7.16. The third kappa shape index (κ3) is 4.12. The minimum Gasteiger partial charge on any atom is -0.465 e. The van der Waals surface area contributed by atoms with Crippen molar-refractivity contribution in [3.05, 3.63) is 49.3 Å². The molecule has 0 spiro atoms. The maximum Gasteiger partial charge on any atom is 0.339 e. The maximum absolute atomic E-state index is 11.6. The van der Waals surface area contributed by atoms with E-state index in [1.165, 1.54) is 24.3 Å². The van der Waals surface area contributed by atoms with Gasteiger partial charge >= 0.3 is 11.7 Å². The molecule has 0 aliphatic carbocycles. The van der Waals surface area contributed by atoms with E-state index in [0.717, 1.165) is 24.0 Å². The molecule has 0 aromatic carbocycles. The van der Waals surface area contributed by atoms with Gasteiger partial charge in [-0.25, -0.2) is 9.78 Å². The summed E-state index contributed by atoms with van der Waals surface area (Å²) in [4.78, 5) is 31.9. The zero-order valence-corrected chi connectivity index (χ0v) is 15.6. The lowest BCUT2D eigenvalue weighted by atomic mass is 10.2. The molecule has 26 heavy (non-hydrogen) atoms. The van der Waals surface area contributed by atoms with Crippen molar-refractivity contribution < 1.29 is 14.5 Å². The molecule has 0 amide bonds. The van der Waals surface area contributed by atoms with Crippen molar-refractivity contribution in [2.24, 2.45) is 0 Å². The molecule has 1 aliphatic rings. The van der Waals surface area contributed by atoms with Crippen LogP contribution in [0, 0.1) is 10.1 Å². The molecule has 0 atom stereocenters. The summed E-state index contributed by atoms with van der Waals surface area (Å²) in [6, 6.07) is 5.11. The van der Waals surface area contributed by atoms with E-state index >= 15 is 0 Å². The summed E-state index contributed by atoms with van der Waals surface area (Å²) < 4.78 is 5.37. The average molecular weight is 397 g/mol. The molecular formula is C16H17ClN4O4S. The van der Waals surface area contributed by atoms with E-state index in [0.29, 0.717) is 13.1 Å². The van der Waals surface area contributed by atoms with E-state index in [4.69, 9.17) is 11.6 Å². The number of nitrogens with zero attached hydrogens (tertiary/aromatic N) is 4. The number of esters is 1. The SMILES string of the molecule is COC(=O)c1cnc(N2CCN(Cc3ccc(Cl)s3)CC2)c([N+](=O)[O-])c1. The number of aromatic nitrogens is 1. The van der Waals surface area contributed by atoms with Gasteiger partial charge in [-0.2, -0.15) is 0 Å². The largest absolute Gasteiger partial charge is 0.465 e. The summed E-state index contributed by atoms with van der Waals surface area (Å²) in [5, 5.41) is 11.4. The Bertz CT molecular complexity index is 820. The van der Waals surface area contributed by atoms with Crippen LogP contribution in [-0.2, 0) is 11.3 Å². The Morgan fingerprint density at radius 1 is 1.38 bits per heavy atom. The molecule has 0 radical (unpaired) electrons. The van der Waals surface area contributed by atoms with E-state index in [-0.39, 0.29) is 17.1 Å². The number of piperazine rings is 1. The van der Waals surface area contributed by atoms with Crippen LogP contribution in [-0.4, -0.2) is 54.1 Å². The van der Waals surface area contributed by atoms with Gasteiger partial charge in [0, 0.05) is 49.9 Å². The molecule has 2 aromatic rings. The molecule has 3 rings (SSSR count). The average Bonchev–Trinajstić information content (AvgIpc) is 3.06. The molecule has 1 fully saturated rings. The molecule has 0 bridgehead atoms. The van der Waals surface area contributed by atoms with Crippen LogP contribution in [0.1, 0.15) is 15.2 Å². The van der Waals surface area contributed by atoms with E-state index in [1.807, 2.05) is 17.0 Å². The van der Waals surface area contributed by atoms with Crippen molar-refractivity contribution in [1.82, 2.24) is 9.88 Å². The van der Waals surface area contributed by atoms with Gasteiger partial charge in [0.15, 0.2) is 0 Å². The van der Waals surface area contributed by atoms with Gasteiger partial charge in [-0.3, -0.25) is 15.0 Å². The third-order valence-corrected chi connectivity index (χ3v) is 5.36. The summed E-state index contributed by atoms with van der Waals surface area (Å²) in [6.45, 7) is 3.55. The van der Waals surface area contributed by atoms with Gasteiger partial charge in [-0.05, 0) is 12.1 Å². The van der Waals surface area contributed by atoms with Crippen molar-refractivity contribution >= 4 is 40.4 Å². The molecule has 1 aliphatic heterocycles. The van der Waals surface area contributed by atoms with E-state index < -0.39 is 10.9 Å². The van der Waals surface area contributed by atoms with E-state index in [2.05, 4.69) is 14.6 Å². The Kier molecular flexibility index (Phi) is 5.70. The lowest BCUT2D eigenvalue weighted by Crippen LogP contribution is -2.46. The lowest BCUT2D eigenvalue weighted by Gasteiger charge is -2.34. The fourth-order valence-corrected chi connectivity index (χ4v) is 3.96. The number of carbonyl (C=O) groups is 1. The summed E-state index contributed by atoms with van der Waals surface area (Å²) in [7, 11) is 1.22. The van der Waals surface area contributed by atoms with E-state index in [9.17, 15) is 14.9 Å². The topological polar surface area (TPSA) is 88.8 Å². The molecule has 0 saturated carbocycles. The van der Waals surface area contributed by atoms with Crippen LogP contribution in [0.3, 0.4) is 0 Å². The van der Waals surface area contributed by atoms with Gasteiger partial charge in [0.1, 0.15) is 0 Å². The van der Waals surface area contributed by atoms with Gasteiger partial charge in [0.05, 0.1) is 21.9 Å². The van der Waals surface area contributed by atoms with Crippen LogP contribution in [0.4, 0.5) is 11.5 Å². The van der Waals surface area contributed by atoms with Gasteiger partial charge in [-0.15, -0.1) is 11.3 Å². The Labute approximate surface area is 159 Å². The maximum atomic E-state index is 11.6. The molecular weight excluding hydrogens is 380 g/mol. The number of halogens is 1.